The lowest BCUT2D eigenvalue weighted by atomic mass is 10.1. The van der Waals surface area contributed by atoms with Crippen molar-refractivity contribution in [2.45, 2.75) is 39.0 Å². The summed E-state index contributed by atoms with van der Waals surface area (Å²) in [5, 5.41) is 4.76. The SMILES string of the molecule is CCCCCNC(=O)[C@@H]1CC(=O)N(CCc2c[nH]c3ccc(Cl)cc23)C1. The van der Waals surface area contributed by atoms with Gasteiger partial charge in [0.1, 0.15) is 0 Å². The van der Waals surface area contributed by atoms with Crippen LogP contribution in [0.25, 0.3) is 10.9 Å². The molecule has 6 heteroatoms. The molecule has 1 aromatic carbocycles. The molecular weight excluding hydrogens is 350 g/mol. The van der Waals surface area contributed by atoms with Gasteiger partial charge in [-0.3, -0.25) is 9.59 Å². The first kappa shape index (κ1) is 18.8. The number of H-pyrrole nitrogens is 1. The minimum atomic E-state index is -0.221. The fourth-order valence-electron chi connectivity index (χ4n) is 3.51. The van der Waals surface area contributed by atoms with Gasteiger partial charge in [0, 0.05) is 48.2 Å². The molecule has 0 unspecified atom stereocenters. The van der Waals surface area contributed by atoms with Gasteiger partial charge in [-0.1, -0.05) is 31.4 Å². The Morgan fingerprint density at radius 1 is 1.38 bits per heavy atom. The monoisotopic (exact) mass is 375 g/mol. The molecule has 2 aromatic rings. The first-order chi connectivity index (χ1) is 12.6. The number of benzene rings is 1. The lowest BCUT2D eigenvalue weighted by molar-refractivity contribution is -0.129. The summed E-state index contributed by atoms with van der Waals surface area (Å²) in [5.74, 6) is -0.144. The lowest BCUT2D eigenvalue weighted by Gasteiger charge is -2.16. The third-order valence-corrected chi connectivity index (χ3v) is 5.28. The van der Waals surface area contributed by atoms with E-state index >= 15 is 0 Å². The molecule has 0 aliphatic carbocycles. The van der Waals surface area contributed by atoms with Gasteiger partial charge < -0.3 is 15.2 Å². The van der Waals surface area contributed by atoms with E-state index in [1.165, 1.54) is 0 Å². The van der Waals surface area contributed by atoms with Crippen molar-refractivity contribution in [3.05, 3.63) is 35.0 Å². The Bertz CT molecular complexity index is 786. The maximum atomic E-state index is 12.3. The largest absolute Gasteiger partial charge is 0.361 e. The molecule has 2 amide bonds. The van der Waals surface area contributed by atoms with Crippen LogP contribution >= 0.6 is 11.6 Å². The maximum Gasteiger partial charge on any atom is 0.225 e. The highest BCUT2D eigenvalue weighted by Crippen LogP contribution is 2.24. The molecule has 0 spiro atoms. The molecule has 0 radical (unpaired) electrons. The number of carbonyl (C=O) groups excluding carboxylic acids is 2. The number of aromatic amines is 1. The predicted molar refractivity (Wildman–Crippen MR) is 104 cm³/mol. The molecule has 1 fully saturated rings. The van der Waals surface area contributed by atoms with Crippen LogP contribution in [0.15, 0.2) is 24.4 Å². The van der Waals surface area contributed by atoms with Gasteiger partial charge >= 0.3 is 0 Å². The number of halogens is 1. The highest BCUT2D eigenvalue weighted by molar-refractivity contribution is 6.31. The molecule has 0 bridgehead atoms. The molecule has 1 saturated heterocycles. The smallest absolute Gasteiger partial charge is 0.225 e. The zero-order valence-corrected chi connectivity index (χ0v) is 15.9. The summed E-state index contributed by atoms with van der Waals surface area (Å²) in [5.41, 5.74) is 2.18. The zero-order chi connectivity index (χ0) is 18.5. The minimum Gasteiger partial charge on any atom is -0.361 e. The number of hydrogen-bond donors (Lipinski definition) is 2. The van der Waals surface area contributed by atoms with Crippen LogP contribution < -0.4 is 5.32 Å². The van der Waals surface area contributed by atoms with Crippen molar-refractivity contribution in [2.24, 2.45) is 5.92 Å². The van der Waals surface area contributed by atoms with Gasteiger partial charge in [0.25, 0.3) is 0 Å². The van der Waals surface area contributed by atoms with E-state index in [1.807, 2.05) is 24.4 Å². The first-order valence-electron chi connectivity index (χ1n) is 9.39. The Kier molecular flexibility index (Phi) is 6.20. The third kappa shape index (κ3) is 4.39. The van der Waals surface area contributed by atoms with Crippen LogP contribution in [0.3, 0.4) is 0 Å². The zero-order valence-electron chi connectivity index (χ0n) is 15.2. The normalized spacial score (nSPS) is 17.2. The average Bonchev–Trinajstić information content (AvgIpc) is 3.20. The van der Waals surface area contributed by atoms with Crippen molar-refractivity contribution in [3.63, 3.8) is 0 Å². The Labute approximate surface area is 159 Å². The quantitative estimate of drug-likeness (QED) is 0.693. The molecule has 1 aromatic heterocycles. The number of nitrogens with one attached hydrogen (secondary N) is 2. The number of carbonyl (C=O) groups is 2. The molecule has 26 heavy (non-hydrogen) atoms. The highest BCUT2D eigenvalue weighted by atomic mass is 35.5. The van der Waals surface area contributed by atoms with E-state index in [9.17, 15) is 9.59 Å². The Morgan fingerprint density at radius 3 is 3.04 bits per heavy atom. The average molecular weight is 376 g/mol. The molecule has 3 rings (SSSR count). The number of rotatable bonds is 8. The van der Waals surface area contributed by atoms with Gasteiger partial charge in [-0.25, -0.2) is 0 Å². The number of fused-ring (bicyclic) bond motifs is 1. The molecule has 0 saturated carbocycles. The van der Waals surface area contributed by atoms with E-state index < -0.39 is 0 Å². The Hall–Kier alpha value is -2.01. The summed E-state index contributed by atoms with van der Waals surface area (Å²) in [6.07, 6.45) is 6.28. The standard InChI is InChI=1S/C20H26ClN3O2/c1-2-3-4-8-22-20(26)15-10-19(25)24(13-15)9-7-14-12-23-18-6-5-16(21)11-17(14)18/h5-6,11-12,15,23H,2-4,7-10,13H2,1H3,(H,22,26)/t15-/m1/s1. The summed E-state index contributed by atoms with van der Waals surface area (Å²) in [7, 11) is 0. The van der Waals surface area contributed by atoms with Crippen LogP contribution in [0, 0.1) is 5.92 Å². The second kappa shape index (κ2) is 8.58. The third-order valence-electron chi connectivity index (χ3n) is 5.05. The van der Waals surface area contributed by atoms with E-state index in [2.05, 4.69) is 17.2 Å². The fourth-order valence-corrected chi connectivity index (χ4v) is 3.68. The summed E-state index contributed by atoms with van der Waals surface area (Å²) >= 11 is 6.09. The van der Waals surface area contributed by atoms with E-state index in [0.717, 1.165) is 42.1 Å². The second-order valence-electron chi connectivity index (χ2n) is 6.99. The van der Waals surface area contributed by atoms with E-state index in [-0.39, 0.29) is 17.7 Å². The molecule has 140 valence electrons. The summed E-state index contributed by atoms with van der Waals surface area (Å²) < 4.78 is 0. The molecular formula is C20H26ClN3O2. The Morgan fingerprint density at radius 2 is 2.23 bits per heavy atom. The van der Waals surface area contributed by atoms with Crippen molar-refractivity contribution in [1.82, 2.24) is 15.2 Å². The van der Waals surface area contributed by atoms with Gasteiger partial charge in [-0.2, -0.15) is 0 Å². The highest BCUT2D eigenvalue weighted by Gasteiger charge is 2.33. The van der Waals surface area contributed by atoms with Crippen molar-refractivity contribution in [3.8, 4) is 0 Å². The van der Waals surface area contributed by atoms with E-state index in [4.69, 9.17) is 11.6 Å². The number of nitrogens with zero attached hydrogens (tertiary/aromatic N) is 1. The summed E-state index contributed by atoms with van der Waals surface area (Å²) in [6.45, 7) is 3.98. The van der Waals surface area contributed by atoms with Gasteiger partial charge in [0.05, 0.1) is 5.92 Å². The molecule has 2 N–H and O–H groups in total. The van der Waals surface area contributed by atoms with Crippen molar-refractivity contribution in [1.29, 1.82) is 0 Å². The van der Waals surface area contributed by atoms with Crippen molar-refractivity contribution in [2.75, 3.05) is 19.6 Å². The summed E-state index contributed by atoms with van der Waals surface area (Å²) in [4.78, 5) is 29.5. The maximum absolute atomic E-state index is 12.3. The first-order valence-corrected chi connectivity index (χ1v) is 9.77. The van der Waals surface area contributed by atoms with Crippen molar-refractivity contribution < 1.29 is 9.59 Å². The Balaban J connectivity index is 1.53. The molecule has 1 aliphatic rings. The van der Waals surface area contributed by atoms with Gasteiger partial charge in [0.15, 0.2) is 0 Å². The number of aromatic nitrogens is 1. The topological polar surface area (TPSA) is 65.2 Å². The number of amides is 2. The predicted octanol–water partition coefficient (Wildman–Crippen LogP) is 3.52. The van der Waals surface area contributed by atoms with Crippen LogP contribution in [-0.2, 0) is 16.0 Å². The van der Waals surface area contributed by atoms with Crippen molar-refractivity contribution >= 4 is 34.3 Å². The van der Waals surface area contributed by atoms with E-state index in [1.54, 1.807) is 4.90 Å². The molecule has 1 atom stereocenters. The molecule has 5 nitrogen and oxygen atoms in total. The molecule has 2 heterocycles. The van der Waals surface area contributed by atoms with Gasteiger partial charge in [-0.15, -0.1) is 0 Å². The molecule has 1 aliphatic heterocycles. The lowest BCUT2D eigenvalue weighted by Crippen LogP contribution is -2.34. The number of hydrogen-bond acceptors (Lipinski definition) is 2. The van der Waals surface area contributed by atoms with E-state index in [0.29, 0.717) is 31.1 Å². The van der Waals surface area contributed by atoms with Gasteiger partial charge in [0.2, 0.25) is 11.8 Å². The number of unbranched alkanes of at least 4 members (excludes halogenated alkanes) is 2. The summed E-state index contributed by atoms with van der Waals surface area (Å²) in [6, 6.07) is 5.76. The van der Waals surface area contributed by atoms with Crippen LogP contribution in [0.2, 0.25) is 5.02 Å². The van der Waals surface area contributed by atoms with Crippen LogP contribution in [-0.4, -0.2) is 41.3 Å². The fraction of sp³-hybridized carbons (Fsp3) is 0.500. The second-order valence-corrected chi connectivity index (χ2v) is 7.43. The van der Waals surface area contributed by atoms with Crippen LogP contribution in [0.4, 0.5) is 0 Å². The van der Waals surface area contributed by atoms with Gasteiger partial charge in [-0.05, 0) is 36.6 Å². The minimum absolute atomic E-state index is 0.0100. The van der Waals surface area contributed by atoms with Crippen LogP contribution in [0.1, 0.15) is 38.2 Å². The van der Waals surface area contributed by atoms with Crippen LogP contribution in [0.5, 0.6) is 0 Å². The number of likely N-dealkylation sites (tertiary alicyclic amines) is 1.